The fourth-order valence-electron chi connectivity index (χ4n) is 2.65. The number of carbonyl (C=O) groups is 1. The van der Waals surface area contributed by atoms with Crippen LogP contribution in [0.25, 0.3) is 0 Å². The second-order valence-electron chi connectivity index (χ2n) is 5.81. The molecule has 0 spiro atoms. The van der Waals surface area contributed by atoms with Crippen LogP contribution in [0.5, 0.6) is 0 Å². The minimum absolute atomic E-state index is 0.0205. The average molecular weight is 396 g/mol. The minimum Gasteiger partial charge on any atom is -0.352 e. The van der Waals surface area contributed by atoms with Gasteiger partial charge >= 0.3 is 0 Å². The van der Waals surface area contributed by atoms with Crippen LogP contribution in [0, 0.1) is 0 Å². The molecule has 0 bridgehead atoms. The lowest BCUT2D eigenvalue weighted by atomic mass is 10.3. The Bertz CT molecular complexity index is 896. The highest BCUT2D eigenvalue weighted by atomic mass is 35.5. The molecule has 0 aliphatic carbocycles. The Labute approximate surface area is 156 Å². The first-order valence-corrected chi connectivity index (χ1v) is 9.84. The molecule has 1 saturated heterocycles. The molecule has 138 valence electrons. The van der Waals surface area contributed by atoms with Gasteiger partial charge in [-0.1, -0.05) is 23.7 Å². The molecular formula is C16H18ClN5O3S. The number of carbonyl (C=O) groups excluding carboxylic acids is 1. The summed E-state index contributed by atoms with van der Waals surface area (Å²) in [5.74, 6) is 0.796. The molecule has 0 saturated carbocycles. The van der Waals surface area contributed by atoms with E-state index in [0.29, 0.717) is 32.0 Å². The Balaban J connectivity index is 1.69. The summed E-state index contributed by atoms with van der Waals surface area (Å²) < 4.78 is 27.2. The summed E-state index contributed by atoms with van der Waals surface area (Å²) in [6.45, 7) is 4.10. The Hall–Kier alpha value is -2.39. The standard InChI is InChI=1S/C16H18ClN5O3S/c1-12(23)21-8-10-22(11-9-21)16-7-6-15(18-19-16)20-26(24,25)14-5-3-2-4-13(14)17/h2-7H,8-11H2,1H3,(H,18,20). The quantitative estimate of drug-likeness (QED) is 0.844. The molecule has 1 amide bonds. The van der Waals surface area contributed by atoms with Crippen LogP contribution in [0.2, 0.25) is 5.02 Å². The van der Waals surface area contributed by atoms with Crippen LogP contribution in [0.3, 0.4) is 0 Å². The van der Waals surface area contributed by atoms with Gasteiger partial charge in [0.1, 0.15) is 4.90 Å². The van der Waals surface area contributed by atoms with Gasteiger partial charge in [0.15, 0.2) is 11.6 Å². The van der Waals surface area contributed by atoms with Gasteiger partial charge in [0.05, 0.1) is 5.02 Å². The van der Waals surface area contributed by atoms with E-state index in [9.17, 15) is 13.2 Å². The summed E-state index contributed by atoms with van der Waals surface area (Å²) in [6.07, 6.45) is 0. The van der Waals surface area contributed by atoms with E-state index in [2.05, 4.69) is 14.9 Å². The molecule has 10 heteroatoms. The van der Waals surface area contributed by atoms with E-state index in [1.54, 1.807) is 36.1 Å². The molecule has 26 heavy (non-hydrogen) atoms. The van der Waals surface area contributed by atoms with E-state index in [4.69, 9.17) is 11.6 Å². The van der Waals surface area contributed by atoms with Crippen LogP contribution in [0.15, 0.2) is 41.3 Å². The number of hydrogen-bond donors (Lipinski definition) is 1. The second kappa shape index (κ2) is 7.46. The molecule has 3 rings (SSSR count). The summed E-state index contributed by atoms with van der Waals surface area (Å²) in [7, 11) is -3.84. The van der Waals surface area contributed by atoms with Crippen molar-refractivity contribution >= 4 is 39.2 Å². The van der Waals surface area contributed by atoms with Gasteiger partial charge in [0, 0.05) is 33.1 Å². The van der Waals surface area contributed by atoms with Gasteiger partial charge in [0.25, 0.3) is 10.0 Å². The van der Waals surface area contributed by atoms with E-state index in [1.165, 1.54) is 12.1 Å². The minimum atomic E-state index is -3.84. The van der Waals surface area contributed by atoms with Crippen LogP contribution in [-0.4, -0.2) is 55.6 Å². The zero-order valence-electron chi connectivity index (χ0n) is 14.1. The number of amides is 1. The number of rotatable bonds is 4. The summed E-state index contributed by atoms with van der Waals surface area (Å²) in [6, 6.07) is 9.42. The van der Waals surface area contributed by atoms with Crippen molar-refractivity contribution in [2.75, 3.05) is 35.8 Å². The van der Waals surface area contributed by atoms with Crippen molar-refractivity contribution in [2.24, 2.45) is 0 Å². The second-order valence-corrected chi connectivity index (χ2v) is 7.86. The lowest BCUT2D eigenvalue weighted by molar-refractivity contribution is -0.129. The summed E-state index contributed by atoms with van der Waals surface area (Å²) in [5.41, 5.74) is 0. The lowest BCUT2D eigenvalue weighted by Crippen LogP contribution is -2.48. The third-order valence-corrected chi connectivity index (χ3v) is 5.92. The Morgan fingerprint density at radius 1 is 1.08 bits per heavy atom. The lowest BCUT2D eigenvalue weighted by Gasteiger charge is -2.34. The Morgan fingerprint density at radius 2 is 1.77 bits per heavy atom. The molecule has 1 aliphatic heterocycles. The predicted molar refractivity (Wildman–Crippen MR) is 98.8 cm³/mol. The van der Waals surface area contributed by atoms with Gasteiger partial charge in [-0.15, -0.1) is 10.2 Å². The normalized spacial score (nSPS) is 15.0. The maximum atomic E-state index is 12.4. The summed E-state index contributed by atoms with van der Waals surface area (Å²) in [4.78, 5) is 15.1. The van der Waals surface area contributed by atoms with Crippen molar-refractivity contribution < 1.29 is 13.2 Å². The summed E-state index contributed by atoms with van der Waals surface area (Å²) >= 11 is 5.95. The van der Waals surface area contributed by atoms with E-state index in [-0.39, 0.29) is 21.6 Å². The Morgan fingerprint density at radius 3 is 2.35 bits per heavy atom. The van der Waals surface area contributed by atoms with Crippen molar-refractivity contribution in [3.63, 3.8) is 0 Å². The third kappa shape index (κ3) is 4.05. The van der Waals surface area contributed by atoms with Gasteiger partial charge in [0.2, 0.25) is 5.91 Å². The molecule has 0 radical (unpaired) electrons. The number of hydrogen-bond acceptors (Lipinski definition) is 6. The molecule has 2 aromatic rings. The van der Waals surface area contributed by atoms with Gasteiger partial charge in [-0.05, 0) is 24.3 Å². The summed E-state index contributed by atoms with van der Waals surface area (Å²) in [5, 5.41) is 8.16. The van der Waals surface area contributed by atoms with E-state index >= 15 is 0 Å². The van der Waals surface area contributed by atoms with Gasteiger partial charge in [-0.3, -0.25) is 9.52 Å². The molecule has 0 unspecified atom stereocenters. The SMILES string of the molecule is CC(=O)N1CCN(c2ccc(NS(=O)(=O)c3ccccc3Cl)nn2)CC1. The molecule has 1 N–H and O–H groups in total. The molecular weight excluding hydrogens is 378 g/mol. The van der Waals surface area contributed by atoms with Crippen molar-refractivity contribution in [3.05, 3.63) is 41.4 Å². The highest BCUT2D eigenvalue weighted by Gasteiger charge is 2.21. The van der Waals surface area contributed by atoms with Crippen molar-refractivity contribution in [3.8, 4) is 0 Å². The number of benzene rings is 1. The van der Waals surface area contributed by atoms with Crippen LogP contribution in [-0.2, 0) is 14.8 Å². The van der Waals surface area contributed by atoms with Crippen molar-refractivity contribution in [2.45, 2.75) is 11.8 Å². The molecule has 1 aromatic carbocycles. The van der Waals surface area contributed by atoms with E-state index in [1.807, 2.05) is 4.90 Å². The average Bonchev–Trinajstić information content (AvgIpc) is 2.62. The number of nitrogens with zero attached hydrogens (tertiary/aromatic N) is 4. The first-order chi connectivity index (χ1) is 12.4. The highest BCUT2D eigenvalue weighted by molar-refractivity contribution is 7.92. The van der Waals surface area contributed by atoms with Crippen LogP contribution in [0.4, 0.5) is 11.6 Å². The maximum Gasteiger partial charge on any atom is 0.264 e. The Kier molecular flexibility index (Phi) is 5.28. The molecule has 2 heterocycles. The number of piperazine rings is 1. The smallest absolute Gasteiger partial charge is 0.264 e. The monoisotopic (exact) mass is 395 g/mol. The van der Waals surface area contributed by atoms with Crippen LogP contribution >= 0.6 is 11.6 Å². The van der Waals surface area contributed by atoms with Crippen molar-refractivity contribution in [1.29, 1.82) is 0 Å². The number of aromatic nitrogens is 2. The molecule has 0 atom stereocenters. The zero-order chi connectivity index (χ0) is 18.7. The van der Waals surface area contributed by atoms with Crippen molar-refractivity contribution in [1.82, 2.24) is 15.1 Å². The molecule has 1 fully saturated rings. The topological polar surface area (TPSA) is 95.5 Å². The van der Waals surface area contributed by atoms with Gasteiger partial charge in [-0.25, -0.2) is 8.42 Å². The largest absolute Gasteiger partial charge is 0.352 e. The number of anilines is 2. The van der Waals surface area contributed by atoms with Gasteiger partial charge < -0.3 is 9.80 Å². The fourth-order valence-corrected chi connectivity index (χ4v) is 4.17. The third-order valence-electron chi connectivity index (χ3n) is 4.06. The zero-order valence-corrected chi connectivity index (χ0v) is 15.7. The number of nitrogens with one attached hydrogen (secondary N) is 1. The van der Waals surface area contributed by atoms with E-state index in [0.717, 1.165) is 0 Å². The highest BCUT2D eigenvalue weighted by Crippen LogP contribution is 2.23. The molecule has 8 nitrogen and oxygen atoms in total. The van der Waals surface area contributed by atoms with Crippen LogP contribution in [0.1, 0.15) is 6.92 Å². The predicted octanol–water partition coefficient (Wildman–Crippen LogP) is 1.60. The number of halogens is 1. The maximum absolute atomic E-state index is 12.4. The number of sulfonamides is 1. The first kappa shape index (κ1) is 18.4. The first-order valence-electron chi connectivity index (χ1n) is 7.98. The van der Waals surface area contributed by atoms with E-state index < -0.39 is 10.0 Å². The molecule has 1 aliphatic rings. The van der Waals surface area contributed by atoms with Crippen LogP contribution < -0.4 is 9.62 Å². The molecule has 1 aromatic heterocycles. The fraction of sp³-hybridized carbons (Fsp3) is 0.312. The van der Waals surface area contributed by atoms with Gasteiger partial charge in [-0.2, -0.15) is 0 Å².